The van der Waals surface area contributed by atoms with Gasteiger partial charge in [-0.05, 0) is 110 Å². The smallest absolute Gasteiger partial charge is 0.338 e. The minimum Gasteiger partial charge on any atom is -0.462 e. The molecule has 2 aliphatic heterocycles. The lowest BCUT2D eigenvalue weighted by molar-refractivity contribution is -0.153. The molecule has 0 unspecified atom stereocenters. The van der Waals surface area contributed by atoms with Crippen LogP contribution < -0.4 is 9.80 Å². The highest BCUT2D eigenvalue weighted by Gasteiger charge is 2.42. The van der Waals surface area contributed by atoms with Crippen LogP contribution in [0.4, 0.5) is 11.4 Å². The van der Waals surface area contributed by atoms with Crippen molar-refractivity contribution in [1.29, 1.82) is 0 Å². The fraction of sp³-hybridized carbons (Fsp3) is 0.423. The molecule has 0 radical (unpaired) electrons. The van der Waals surface area contributed by atoms with Gasteiger partial charge in [0.15, 0.2) is 12.2 Å². The highest BCUT2D eigenvalue weighted by atomic mass is 32.2. The zero-order valence-corrected chi connectivity index (χ0v) is 42.5. The zero-order chi connectivity index (χ0) is 49.8. The Bertz CT molecular complexity index is 2430. The Morgan fingerprint density at radius 2 is 1.01 bits per heavy atom. The van der Waals surface area contributed by atoms with Gasteiger partial charge in [-0.3, -0.25) is 19.2 Å². The minimum atomic E-state index is -1.01. The maximum Gasteiger partial charge on any atom is 0.338 e. The molecule has 0 saturated carbocycles. The van der Waals surface area contributed by atoms with Gasteiger partial charge in [0.1, 0.15) is 0 Å². The van der Waals surface area contributed by atoms with Crippen LogP contribution in [0, 0.1) is 13.8 Å². The van der Waals surface area contributed by atoms with E-state index < -0.39 is 46.6 Å². The second kappa shape index (κ2) is 24.6. The van der Waals surface area contributed by atoms with Crippen molar-refractivity contribution in [1.82, 2.24) is 9.80 Å². The van der Waals surface area contributed by atoms with Crippen LogP contribution in [0.1, 0.15) is 94.5 Å². The van der Waals surface area contributed by atoms with Gasteiger partial charge in [0.2, 0.25) is 0 Å². The van der Waals surface area contributed by atoms with E-state index in [4.69, 9.17) is 18.9 Å². The number of ether oxygens (including phenoxy) is 4. The Hall–Kier alpha value is -5.68. The number of fused-ring (bicyclic) bond motifs is 2. The fourth-order valence-electron chi connectivity index (χ4n) is 7.32. The largest absolute Gasteiger partial charge is 0.462 e. The molecule has 16 heteroatoms. The number of carbonyl (C=O) groups is 6. The molecule has 0 N–H and O–H groups in total. The highest BCUT2D eigenvalue weighted by molar-refractivity contribution is 8.00. The van der Waals surface area contributed by atoms with Crippen LogP contribution in [0.25, 0.3) is 0 Å². The van der Waals surface area contributed by atoms with Crippen molar-refractivity contribution in [3.8, 4) is 0 Å². The lowest BCUT2D eigenvalue weighted by atomic mass is 10.0. The molecule has 364 valence electrons. The van der Waals surface area contributed by atoms with E-state index in [2.05, 4.69) is 0 Å². The molecule has 6 rings (SSSR count). The average molecular weight is 969 g/mol. The van der Waals surface area contributed by atoms with Crippen LogP contribution in [-0.2, 0) is 38.1 Å². The molecule has 0 aromatic heterocycles. The third-order valence-corrected chi connectivity index (χ3v) is 13.5. The van der Waals surface area contributed by atoms with Crippen molar-refractivity contribution < 1.29 is 47.7 Å². The summed E-state index contributed by atoms with van der Waals surface area (Å²) >= 11 is 2.84. The number of thioether (sulfide) groups is 2. The molecule has 4 atom stereocenters. The summed E-state index contributed by atoms with van der Waals surface area (Å²) in [5.74, 6) is -2.42. The second-order valence-electron chi connectivity index (χ2n) is 17.5. The number of benzene rings is 4. The molecule has 0 saturated heterocycles. The maximum atomic E-state index is 13.8. The summed E-state index contributed by atoms with van der Waals surface area (Å²) in [7, 11) is 7.73. The van der Waals surface area contributed by atoms with E-state index in [1.807, 2.05) is 107 Å². The molecule has 68 heavy (non-hydrogen) atoms. The Kier molecular flexibility index (Phi) is 19.2. The molecule has 0 fully saturated rings. The molecular formula is C52H64N4O10S2. The number of nitrogens with zero attached hydrogens (tertiary/aromatic N) is 4. The number of amides is 2. The van der Waals surface area contributed by atoms with Crippen molar-refractivity contribution in [3.63, 3.8) is 0 Å². The van der Waals surface area contributed by atoms with E-state index in [0.29, 0.717) is 55.3 Å². The van der Waals surface area contributed by atoms with Crippen LogP contribution in [0.3, 0.4) is 0 Å². The Morgan fingerprint density at radius 1 is 0.618 bits per heavy atom. The summed E-state index contributed by atoms with van der Waals surface area (Å²) in [5, 5.41) is -0.946. The van der Waals surface area contributed by atoms with E-state index in [1.54, 1.807) is 60.0 Å². The normalized spacial score (nSPS) is 17.9. The fourth-order valence-corrected chi connectivity index (χ4v) is 10.0. The quantitative estimate of drug-likeness (QED) is 0.0827. The van der Waals surface area contributed by atoms with Crippen LogP contribution in [0.2, 0.25) is 0 Å². The molecule has 2 aliphatic rings. The number of hydrogen-bond donors (Lipinski definition) is 0. The summed E-state index contributed by atoms with van der Waals surface area (Å²) in [4.78, 5) is 85.6. The molecule has 0 aliphatic carbocycles. The molecule has 0 spiro atoms. The van der Waals surface area contributed by atoms with Crippen molar-refractivity contribution in [3.05, 3.63) is 118 Å². The summed E-state index contributed by atoms with van der Waals surface area (Å²) in [6.07, 6.45) is -1.52. The van der Waals surface area contributed by atoms with Gasteiger partial charge in [-0.15, -0.1) is 23.5 Å². The predicted octanol–water partition coefficient (Wildman–Crippen LogP) is 8.47. The molecule has 14 nitrogen and oxygen atoms in total. The lowest BCUT2D eigenvalue weighted by Gasteiger charge is -2.28. The van der Waals surface area contributed by atoms with Crippen LogP contribution in [-0.4, -0.2) is 125 Å². The monoisotopic (exact) mass is 968 g/mol. The third-order valence-electron chi connectivity index (χ3n) is 10.8. The number of esters is 4. The molecule has 4 aromatic rings. The van der Waals surface area contributed by atoms with Gasteiger partial charge in [-0.1, -0.05) is 66.6 Å². The van der Waals surface area contributed by atoms with E-state index in [9.17, 15) is 28.8 Å². The first kappa shape index (κ1) is 53.3. The van der Waals surface area contributed by atoms with Gasteiger partial charge in [0.05, 0.1) is 45.7 Å². The standard InChI is InChI=1S/2C26H32N2O5S/c1-16(2)32-26(31)20-11-12-21-22(15-20)34-24(19-9-7-17(3)8-10-19)23(33-18(4)29)25(30)28(21)14-13-27(5)6;1-6-15-32-26(31)20-11-12-21-22(16-20)34-24(19-9-7-17(2)8-10-19)23(33-18(3)29)25(30)28(21)14-13-27(4)5/h7-12,15-16,23-24H,13-14H2,1-6H3;7-12,16,23-24H,6,13-15H2,1-5H3/t2*23-,24+/m11/s1. The highest BCUT2D eigenvalue weighted by Crippen LogP contribution is 2.49. The van der Waals surface area contributed by atoms with Crippen LogP contribution in [0.15, 0.2) is 94.7 Å². The van der Waals surface area contributed by atoms with Gasteiger partial charge in [0, 0.05) is 49.8 Å². The molecule has 2 heterocycles. The minimum absolute atomic E-state index is 0.245. The Balaban J connectivity index is 0.000000254. The number of hydrogen-bond acceptors (Lipinski definition) is 14. The van der Waals surface area contributed by atoms with Crippen molar-refractivity contribution >= 4 is 70.6 Å². The Labute approximate surface area is 409 Å². The van der Waals surface area contributed by atoms with E-state index >= 15 is 0 Å². The van der Waals surface area contributed by atoms with Crippen molar-refractivity contribution in [2.75, 3.05) is 70.8 Å². The number of rotatable bonds is 15. The second-order valence-corrected chi connectivity index (χ2v) is 19.9. The molecule has 0 bridgehead atoms. The van der Waals surface area contributed by atoms with Gasteiger partial charge in [-0.25, -0.2) is 9.59 Å². The lowest BCUT2D eigenvalue weighted by Crippen LogP contribution is -2.45. The van der Waals surface area contributed by atoms with Crippen molar-refractivity contribution in [2.24, 2.45) is 0 Å². The summed E-state index contributed by atoms with van der Waals surface area (Å²) < 4.78 is 21.9. The average Bonchev–Trinajstić information content (AvgIpc) is 3.46. The third kappa shape index (κ3) is 14.2. The summed E-state index contributed by atoms with van der Waals surface area (Å²) in [6, 6.07) is 26.1. The van der Waals surface area contributed by atoms with E-state index in [1.165, 1.54) is 37.4 Å². The first-order valence-corrected chi connectivity index (χ1v) is 24.4. The predicted molar refractivity (Wildman–Crippen MR) is 266 cm³/mol. The number of likely N-dealkylation sites (N-methyl/N-ethyl adjacent to an activating group) is 2. The number of aryl methyl sites for hydroxylation is 2. The summed E-state index contributed by atoms with van der Waals surface area (Å²) in [6.45, 7) is 14.6. The van der Waals surface area contributed by atoms with Gasteiger partial charge < -0.3 is 38.5 Å². The topological polar surface area (TPSA) is 152 Å². The first-order chi connectivity index (χ1) is 32.3. The van der Waals surface area contributed by atoms with Crippen LogP contribution >= 0.6 is 23.5 Å². The maximum absolute atomic E-state index is 13.8. The SMILES string of the molecule is CC(=O)O[C@H]1C(=O)N(CCN(C)C)c2ccc(C(=O)OC(C)C)cc2S[C@H]1c1ccc(C)cc1.CCCOC(=O)c1ccc2c(c1)S[C@@H](c1ccc(C)cc1)[C@@H](OC(C)=O)C(=O)N2CCN(C)C. The molecule has 4 aromatic carbocycles. The molecule has 2 amide bonds. The number of carbonyl (C=O) groups excluding carboxylic acids is 6. The summed E-state index contributed by atoms with van der Waals surface area (Å²) in [5.41, 5.74) is 6.12. The van der Waals surface area contributed by atoms with Crippen LogP contribution in [0.5, 0.6) is 0 Å². The Morgan fingerprint density at radius 3 is 1.37 bits per heavy atom. The first-order valence-electron chi connectivity index (χ1n) is 22.7. The molecular weight excluding hydrogens is 905 g/mol. The van der Waals surface area contributed by atoms with E-state index in [0.717, 1.165) is 38.5 Å². The zero-order valence-electron chi connectivity index (χ0n) is 40.9. The van der Waals surface area contributed by atoms with Gasteiger partial charge >= 0.3 is 23.9 Å². The van der Waals surface area contributed by atoms with E-state index in [-0.39, 0.29) is 17.9 Å². The van der Waals surface area contributed by atoms with Gasteiger partial charge in [-0.2, -0.15) is 0 Å². The van der Waals surface area contributed by atoms with Crippen molar-refractivity contribution in [2.45, 2.75) is 93.5 Å². The number of anilines is 2. The van der Waals surface area contributed by atoms with Gasteiger partial charge in [0.25, 0.3) is 11.8 Å².